The van der Waals surface area contributed by atoms with Crippen LogP contribution in [0.4, 0.5) is 0 Å². The Kier molecular flexibility index (Phi) is 9.09. The summed E-state index contributed by atoms with van der Waals surface area (Å²) in [5.41, 5.74) is 6.48. The molecule has 0 atom stereocenters. The van der Waals surface area contributed by atoms with Crippen molar-refractivity contribution in [3.05, 3.63) is 94.9 Å². The molecule has 0 aliphatic carbocycles. The Balaban J connectivity index is 1.28. The molecular formula is C33H36N2O6S. The number of hydrogen-bond acceptors (Lipinski definition) is 6. The molecule has 0 unspecified atom stereocenters. The number of rotatable bonds is 13. The number of fused-ring (bicyclic) bond motifs is 1. The summed E-state index contributed by atoms with van der Waals surface area (Å²) in [7, 11) is -3.43. The number of unbranched alkanes of at least 4 members (excludes halogenated alkanes) is 1. The van der Waals surface area contributed by atoms with E-state index in [1.165, 1.54) is 4.31 Å². The van der Waals surface area contributed by atoms with Crippen molar-refractivity contribution >= 4 is 16.0 Å². The van der Waals surface area contributed by atoms with Crippen LogP contribution in [0.3, 0.4) is 0 Å². The van der Waals surface area contributed by atoms with Crippen LogP contribution in [-0.2, 0) is 40.7 Å². The van der Waals surface area contributed by atoms with Crippen LogP contribution < -0.4 is 4.74 Å². The summed E-state index contributed by atoms with van der Waals surface area (Å²) in [5.74, 6) is 1.11. The fourth-order valence-corrected chi connectivity index (χ4v) is 6.80. The Morgan fingerprint density at radius 2 is 1.64 bits per heavy atom. The van der Waals surface area contributed by atoms with Gasteiger partial charge in [-0.1, -0.05) is 61.9 Å². The van der Waals surface area contributed by atoms with Crippen molar-refractivity contribution in [3.63, 3.8) is 0 Å². The van der Waals surface area contributed by atoms with E-state index in [0.29, 0.717) is 37.5 Å². The molecule has 4 aromatic rings. The highest BCUT2D eigenvalue weighted by atomic mass is 32.2. The molecule has 1 aliphatic rings. The van der Waals surface area contributed by atoms with E-state index in [2.05, 4.69) is 24.3 Å². The maximum atomic E-state index is 13.0. The van der Waals surface area contributed by atoms with Gasteiger partial charge in [0.1, 0.15) is 11.5 Å². The lowest BCUT2D eigenvalue weighted by Crippen LogP contribution is -2.28. The highest BCUT2D eigenvalue weighted by Gasteiger charge is 2.32. The molecule has 5 rings (SSSR count). The molecule has 0 spiro atoms. The Morgan fingerprint density at radius 3 is 2.36 bits per heavy atom. The molecular weight excluding hydrogens is 552 g/mol. The van der Waals surface area contributed by atoms with Crippen molar-refractivity contribution < 1.29 is 27.5 Å². The summed E-state index contributed by atoms with van der Waals surface area (Å²) in [6.45, 7) is 4.65. The predicted molar refractivity (Wildman–Crippen MR) is 162 cm³/mol. The molecule has 0 fully saturated rings. The molecule has 0 saturated carbocycles. The minimum atomic E-state index is -3.43. The van der Waals surface area contributed by atoms with E-state index in [1.54, 1.807) is 0 Å². The molecule has 9 heteroatoms. The van der Waals surface area contributed by atoms with Gasteiger partial charge in [-0.2, -0.15) is 4.31 Å². The lowest BCUT2D eigenvalue weighted by molar-refractivity contribution is -0.136. The molecule has 0 saturated heterocycles. The van der Waals surface area contributed by atoms with Crippen LogP contribution in [0.5, 0.6) is 5.75 Å². The number of oxazole rings is 1. The van der Waals surface area contributed by atoms with Gasteiger partial charge in [-0.3, -0.25) is 4.79 Å². The number of sulfonamides is 1. The van der Waals surface area contributed by atoms with Crippen molar-refractivity contribution in [3.8, 4) is 28.3 Å². The van der Waals surface area contributed by atoms with Crippen molar-refractivity contribution in [1.29, 1.82) is 0 Å². The third kappa shape index (κ3) is 6.74. The first-order valence-electron chi connectivity index (χ1n) is 14.3. The van der Waals surface area contributed by atoms with Gasteiger partial charge in [0, 0.05) is 37.1 Å². The van der Waals surface area contributed by atoms with Crippen molar-refractivity contribution in [1.82, 2.24) is 9.29 Å². The number of aryl methyl sites for hydroxylation is 2. The minimum Gasteiger partial charge on any atom is -0.493 e. The van der Waals surface area contributed by atoms with Crippen molar-refractivity contribution in [2.75, 3.05) is 12.4 Å². The number of aliphatic carboxylic acids is 1. The topological polar surface area (TPSA) is 110 Å². The molecule has 3 aromatic carbocycles. The summed E-state index contributed by atoms with van der Waals surface area (Å²) in [5, 5.41) is 9.19. The van der Waals surface area contributed by atoms with E-state index in [1.807, 2.05) is 56.3 Å². The second kappa shape index (κ2) is 12.9. The zero-order valence-electron chi connectivity index (χ0n) is 24.0. The van der Waals surface area contributed by atoms with Gasteiger partial charge < -0.3 is 14.3 Å². The van der Waals surface area contributed by atoms with Crippen LogP contribution in [0, 0.1) is 6.92 Å². The summed E-state index contributed by atoms with van der Waals surface area (Å²) in [6, 6.07) is 22.0. The highest BCUT2D eigenvalue weighted by molar-refractivity contribution is 7.89. The number of aromatic nitrogens is 1. The lowest BCUT2D eigenvalue weighted by atomic mass is 9.99. The van der Waals surface area contributed by atoms with Gasteiger partial charge >= 0.3 is 5.97 Å². The number of nitrogens with zero attached hydrogens (tertiary/aromatic N) is 2. The number of benzene rings is 3. The second-order valence-corrected chi connectivity index (χ2v) is 12.7. The number of carboxylic acid groups (broad SMARTS) is 1. The van der Waals surface area contributed by atoms with E-state index in [9.17, 15) is 18.3 Å². The van der Waals surface area contributed by atoms with Gasteiger partial charge in [0.05, 0.1) is 18.1 Å². The molecule has 2 heterocycles. The summed E-state index contributed by atoms with van der Waals surface area (Å²) in [4.78, 5) is 15.9. The van der Waals surface area contributed by atoms with E-state index < -0.39 is 16.0 Å². The first-order chi connectivity index (χ1) is 20.2. The first-order valence-corrected chi connectivity index (χ1v) is 15.9. The van der Waals surface area contributed by atoms with E-state index in [0.717, 1.165) is 51.3 Å². The molecule has 1 N–H and O–H groups in total. The molecule has 42 heavy (non-hydrogen) atoms. The van der Waals surface area contributed by atoms with Crippen LogP contribution in [0.15, 0.2) is 71.1 Å². The van der Waals surface area contributed by atoms with Gasteiger partial charge in [-0.25, -0.2) is 13.4 Å². The Labute approximate surface area is 247 Å². The van der Waals surface area contributed by atoms with Gasteiger partial charge in [0.25, 0.3) is 0 Å². The van der Waals surface area contributed by atoms with Crippen LogP contribution in [0.25, 0.3) is 22.6 Å². The van der Waals surface area contributed by atoms with Gasteiger partial charge in [0.15, 0.2) is 0 Å². The predicted octanol–water partition coefficient (Wildman–Crippen LogP) is 6.40. The maximum absolute atomic E-state index is 13.0. The zero-order chi connectivity index (χ0) is 29.7. The fourth-order valence-electron chi connectivity index (χ4n) is 5.24. The normalized spacial score (nSPS) is 13.3. The maximum Gasteiger partial charge on any atom is 0.303 e. The average Bonchev–Trinajstić information content (AvgIpc) is 3.61. The van der Waals surface area contributed by atoms with Crippen molar-refractivity contribution in [2.24, 2.45) is 0 Å². The van der Waals surface area contributed by atoms with Gasteiger partial charge in [-0.15, -0.1) is 0 Å². The van der Waals surface area contributed by atoms with Crippen LogP contribution in [0.2, 0.25) is 0 Å². The van der Waals surface area contributed by atoms with Gasteiger partial charge in [0.2, 0.25) is 15.9 Å². The molecule has 0 radical (unpaired) electrons. The average molecular weight is 589 g/mol. The molecule has 220 valence electrons. The lowest BCUT2D eigenvalue weighted by Gasteiger charge is -2.15. The fraction of sp³-hybridized carbons (Fsp3) is 0.333. The van der Waals surface area contributed by atoms with Crippen LogP contribution in [0.1, 0.15) is 54.3 Å². The third-order valence-corrected chi connectivity index (χ3v) is 9.49. The zero-order valence-corrected chi connectivity index (χ0v) is 24.8. The van der Waals surface area contributed by atoms with E-state index >= 15 is 0 Å². The summed E-state index contributed by atoms with van der Waals surface area (Å²) >= 11 is 0. The van der Waals surface area contributed by atoms with Crippen LogP contribution in [-0.4, -0.2) is 41.1 Å². The molecule has 0 amide bonds. The number of carboxylic acids is 1. The second-order valence-electron chi connectivity index (χ2n) is 10.6. The standard InChI is InChI=1S/C33H36N2O6S/c1-3-4-20-42(38,39)35-21-28-26(15-17-32(36)37)14-16-31(29(28)22-35)40-19-18-30-23(2)41-33(34-30)27-12-10-25(11-13-27)24-8-6-5-7-9-24/h5-14,16H,3-4,15,17-22H2,1-2H3,(H,36,37). The SMILES string of the molecule is CCCCS(=O)(=O)N1Cc2c(CCC(=O)O)ccc(OCCc3nc(-c4ccc(-c5ccccc5)cc4)oc3C)c2C1. The summed E-state index contributed by atoms with van der Waals surface area (Å²) < 4.78 is 39.6. The monoisotopic (exact) mass is 588 g/mol. The Bertz CT molecular complexity index is 1650. The summed E-state index contributed by atoms with van der Waals surface area (Å²) in [6.07, 6.45) is 2.23. The largest absolute Gasteiger partial charge is 0.493 e. The smallest absolute Gasteiger partial charge is 0.303 e. The number of ether oxygens (including phenoxy) is 1. The Morgan fingerprint density at radius 1 is 0.952 bits per heavy atom. The molecule has 8 nitrogen and oxygen atoms in total. The van der Waals surface area contributed by atoms with Gasteiger partial charge in [-0.05, 0) is 60.2 Å². The molecule has 1 aromatic heterocycles. The number of carbonyl (C=O) groups is 1. The van der Waals surface area contributed by atoms with Crippen molar-refractivity contribution in [2.45, 2.75) is 59.0 Å². The molecule has 1 aliphatic heterocycles. The highest BCUT2D eigenvalue weighted by Crippen LogP contribution is 2.36. The quantitative estimate of drug-likeness (QED) is 0.192. The Hall–Kier alpha value is -3.95. The molecule has 0 bridgehead atoms. The van der Waals surface area contributed by atoms with E-state index in [-0.39, 0.29) is 25.3 Å². The third-order valence-electron chi connectivity index (χ3n) is 7.64. The van der Waals surface area contributed by atoms with Crippen LogP contribution >= 0.6 is 0 Å². The first kappa shape index (κ1) is 29.5. The minimum absolute atomic E-state index is 0.0159. The van der Waals surface area contributed by atoms with E-state index in [4.69, 9.17) is 14.1 Å². The number of hydrogen-bond donors (Lipinski definition) is 1.